The summed E-state index contributed by atoms with van der Waals surface area (Å²) in [7, 11) is -3.63. The van der Waals surface area contributed by atoms with E-state index in [1.807, 2.05) is 0 Å². The summed E-state index contributed by atoms with van der Waals surface area (Å²) in [5.74, 6) is -1.89. The zero-order valence-corrected chi connectivity index (χ0v) is 17.1. The normalized spacial score (nSPS) is 16.3. The lowest BCUT2D eigenvalue weighted by Gasteiger charge is -2.26. The summed E-state index contributed by atoms with van der Waals surface area (Å²) in [6.45, 7) is 1.15. The highest BCUT2D eigenvalue weighted by Crippen LogP contribution is 2.20. The van der Waals surface area contributed by atoms with Gasteiger partial charge in [0.2, 0.25) is 0 Å². The van der Waals surface area contributed by atoms with E-state index in [1.165, 1.54) is 23.1 Å². The number of carbonyl (C=O) groups excluding carboxylic acids is 1. The second-order valence-corrected chi connectivity index (χ2v) is 8.58. The van der Waals surface area contributed by atoms with E-state index in [1.54, 1.807) is 12.1 Å². The monoisotopic (exact) mass is 440 g/mol. The number of urea groups is 1. The van der Waals surface area contributed by atoms with Gasteiger partial charge >= 0.3 is 16.1 Å². The van der Waals surface area contributed by atoms with Crippen LogP contribution in [-0.4, -0.2) is 44.9 Å². The Morgan fingerprint density at radius 1 is 1.20 bits per heavy atom. The van der Waals surface area contributed by atoms with E-state index < -0.39 is 27.8 Å². The van der Waals surface area contributed by atoms with Gasteiger partial charge in [0.15, 0.2) is 11.6 Å². The van der Waals surface area contributed by atoms with Crippen LogP contribution in [0.3, 0.4) is 0 Å². The van der Waals surface area contributed by atoms with Crippen molar-refractivity contribution in [3.05, 3.63) is 59.7 Å². The highest BCUT2D eigenvalue weighted by molar-refractivity contribution is 7.86. The second-order valence-electron chi connectivity index (χ2n) is 7.01. The largest absolute Gasteiger partial charge is 0.383 e. The van der Waals surface area contributed by atoms with Crippen molar-refractivity contribution in [3.8, 4) is 5.75 Å². The third-order valence-corrected chi connectivity index (χ3v) is 4.95. The first-order valence-electron chi connectivity index (χ1n) is 9.30. The van der Waals surface area contributed by atoms with Crippen molar-refractivity contribution in [1.29, 1.82) is 0 Å². The number of ether oxygens (including phenoxy) is 1. The number of nitrogens with zero attached hydrogens (tertiary/aromatic N) is 1. The predicted octanol–water partition coefficient (Wildman–Crippen LogP) is 3.52. The Morgan fingerprint density at radius 2 is 1.93 bits per heavy atom. The summed E-state index contributed by atoms with van der Waals surface area (Å²) >= 11 is 0. The SMILES string of the molecule is CS(=O)(=O)Oc1ccc(CN(CC2CCCO2)C(=O)Nc2ccc(F)c(F)c2)cc1. The minimum Gasteiger partial charge on any atom is -0.383 e. The molecule has 0 radical (unpaired) electrons. The summed E-state index contributed by atoms with van der Waals surface area (Å²) in [5.41, 5.74) is 0.863. The van der Waals surface area contributed by atoms with Crippen LogP contribution in [0.15, 0.2) is 42.5 Å². The van der Waals surface area contributed by atoms with Crippen molar-refractivity contribution in [2.45, 2.75) is 25.5 Å². The van der Waals surface area contributed by atoms with Crippen molar-refractivity contribution in [2.24, 2.45) is 0 Å². The minimum absolute atomic E-state index is 0.117. The molecule has 0 spiro atoms. The van der Waals surface area contributed by atoms with Crippen LogP contribution in [0, 0.1) is 11.6 Å². The van der Waals surface area contributed by atoms with Crippen LogP contribution in [0.1, 0.15) is 18.4 Å². The molecule has 2 aromatic carbocycles. The van der Waals surface area contributed by atoms with Gasteiger partial charge in [-0.1, -0.05) is 12.1 Å². The Hall–Kier alpha value is -2.72. The second kappa shape index (κ2) is 9.40. The molecule has 1 unspecified atom stereocenters. The van der Waals surface area contributed by atoms with Crippen molar-refractivity contribution < 1.29 is 30.9 Å². The summed E-state index contributed by atoms with van der Waals surface area (Å²) in [6, 6.07) is 8.92. The number of rotatable bonds is 7. The lowest BCUT2D eigenvalue weighted by Crippen LogP contribution is -2.39. The average Bonchev–Trinajstić information content (AvgIpc) is 3.18. The molecule has 1 fully saturated rings. The van der Waals surface area contributed by atoms with E-state index in [2.05, 4.69) is 5.32 Å². The molecule has 0 bridgehead atoms. The van der Waals surface area contributed by atoms with Gasteiger partial charge in [-0.3, -0.25) is 0 Å². The van der Waals surface area contributed by atoms with Crippen molar-refractivity contribution in [1.82, 2.24) is 4.90 Å². The smallest absolute Gasteiger partial charge is 0.322 e. The molecule has 2 aromatic rings. The van der Waals surface area contributed by atoms with E-state index in [0.29, 0.717) is 13.2 Å². The standard InChI is InChI=1S/C20H22F2N2O5S/c1-30(26,27)29-16-7-4-14(5-8-16)12-24(13-17-3-2-10-28-17)20(25)23-15-6-9-18(21)19(22)11-15/h4-9,11,17H,2-3,10,12-13H2,1H3,(H,23,25). The van der Waals surface area contributed by atoms with Crippen molar-refractivity contribution in [3.63, 3.8) is 0 Å². The number of nitrogens with one attached hydrogen (secondary N) is 1. The van der Waals surface area contributed by atoms with E-state index >= 15 is 0 Å². The van der Waals surface area contributed by atoms with E-state index in [4.69, 9.17) is 8.92 Å². The van der Waals surface area contributed by atoms with Crippen LogP contribution in [-0.2, 0) is 21.4 Å². The average molecular weight is 440 g/mol. The number of carbonyl (C=O) groups is 1. The van der Waals surface area contributed by atoms with E-state index in [-0.39, 0.29) is 24.1 Å². The molecular formula is C20H22F2N2O5S. The van der Waals surface area contributed by atoms with Crippen LogP contribution >= 0.6 is 0 Å². The molecule has 2 amide bonds. The Morgan fingerprint density at radius 3 is 2.53 bits per heavy atom. The Bertz CT molecular complexity index is 993. The Kier molecular flexibility index (Phi) is 6.88. The quantitative estimate of drug-likeness (QED) is 0.666. The number of amides is 2. The molecule has 162 valence electrons. The van der Waals surface area contributed by atoms with Crippen LogP contribution in [0.5, 0.6) is 5.75 Å². The number of halogens is 2. The summed E-state index contributed by atoms with van der Waals surface area (Å²) in [4.78, 5) is 14.3. The van der Waals surface area contributed by atoms with Crippen molar-refractivity contribution in [2.75, 3.05) is 24.7 Å². The zero-order valence-electron chi connectivity index (χ0n) is 16.3. The molecule has 0 aromatic heterocycles. The van der Waals surface area contributed by atoms with Gasteiger partial charge in [0.1, 0.15) is 5.75 Å². The first-order chi connectivity index (χ1) is 14.2. The van der Waals surface area contributed by atoms with Gasteiger partial charge in [-0.2, -0.15) is 8.42 Å². The molecule has 0 aliphatic carbocycles. The summed E-state index contributed by atoms with van der Waals surface area (Å²) in [6.07, 6.45) is 2.55. The van der Waals surface area contributed by atoms with Gasteiger partial charge in [-0.15, -0.1) is 0 Å². The predicted molar refractivity (Wildman–Crippen MR) is 107 cm³/mol. The molecule has 10 heteroatoms. The highest BCUT2D eigenvalue weighted by Gasteiger charge is 2.23. The molecule has 1 saturated heterocycles. The van der Waals surface area contributed by atoms with Gasteiger partial charge in [0.25, 0.3) is 0 Å². The fourth-order valence-corrected chi connectivity index (χ4v) is 3.54. The Labute approximate surface area is 173 Å². The fourth-order valence-electron chi connectivity index (χ4n) is 3.08. The molecule has 3 rings (SSSR count). The highest BCUT2D eigenvalue weighted by atomic mass is 32.2. The topological polar surface area (TPSA) is 84.9 Å². The molecular weight excluding hydrogens is 418 g/mol. The van der Waals surface area contributed by atoms with E-state index in [9.17, 15) is 22.0 Å². The van der Waals surface area contributed by atoms with Gasteiger partial charge in [0.05, 0.1) is 12.4 Å². The lowest BCUT2D eigenvalue weighted by atomic mass is 10.2. The van der Waals surface area contributed by atoms with Gasteiger partial charge in [-0.25, -0.2) is 13.6 Å². The van der Waals surface area contributed by atoms with Crippen LogP contribution in [0.25, 0.3) is 0 Å². The molecule has 1 heterocycles. The first kappa shape index (κ1) is 22.0. The summed E-state index contributed by atoms with van der Waals surface area (Å²) < 4.78 is 59.4. The van der Waals surface area contributed by atoms with Gasteiger partial charge < -0.3 is 19.1 Å². The number of benzene rings is 2. The molecule has 7 nitrogen and oxygen atoms in total. The molecule has 30 heavy (non-hydrogen) atoms. The molecule has 1 N–H and O–H groups in total. The minimum atomic E-state index is -3.63. The van der Waals surface area contributed by atoms with Crippen LogP contribution in [0.2, 0.25) is 0 Å². The lowest BCUT2D eigenvalue weighted by molar-refractivity contribution is 0.0819. The van der Waals surface area contributed by atoms with Crippen molar-refractivity contribution >= 4 is 21.8 Å². The Balaban J connectivity index is 1.72. The molecule has 1 aliphatic rings. The maximum absolute atomic E-state index is 13.4. The van der Waals surface area contributed by atoms with Gasteiger partial charge in [-0.05, 0) is 42.7 Å². The molecule has 1 aliphatic heterocycles. The summed E-state index contributed by atoms with van der Waals surface area (Å²) in [5, 5.41) is 2.57. The third-order valence-electron chi connectivity index (χ3n) is 4.45. The number of hydrogen-bond donors (Lipinski definition) is 1. The maximum Gasteiger partial charge on any atom is 0.322 e. The maximum atomic E-state index is 13.4. The fraction of sp³-hybridized carbons (Fsp3) is 0.350. The van der Waals surface area contributed by atoms with Crippen LogP contribution in [0.4, 0.5) is 19.3 Å². The molecule has 0 saturated carbocycles. The zero-order chi connectivity index (χ0) is 21.7. The third kappa shape index (κ3) is 6.39. The molecule has 1 atom stereocenters. The van der Waals surface area contributed by atoms with E-state index in [0.717, 1.165) is 36.8 Å². The first-order valence-corrected chi connectivity index (χ1v) is 11.1. The number of hydrogen-bond acceptors (Lipinski definition) is 5. The van der Waals surface area contributed by atoms with Gasteiger partial charge in [0, 0.05) is 31.5 Å². The van der Waals surface area contributed by atoms with Crippen LogP contribution < -0.4 is 9.50 Å². The number of anilines is 1.